The largest absolute Gasteiger partial charge is 0.485 e. The number of rotatable bonds is 7. The highest BCUT2D eigenvalue weighted by molar-refractivity contribution is 7.99. The number of para-hydroxylation sites is 2. The highest BCUT2D eigenvalue weighted by Gasteiger charge is 2.11. The fourth-order valence-corrected chi connectivity index (χ4v) is 4.28. The molecule has 4 rings (SSSR count). The van der Waals surface area contributed by atoms with Crippen LogP contribution in [0.3, 0.4) is 0 Å². The number of anilines is 1. The number of aryl methyl sites for hydroxylation is 2. The summed E-state index contributed by atoms with van der Waals surface area (Å²) in [6.07, 6.45) is 0. The van der Waals surface area contributed by atoms with E-state index in [9.17, 15) is 4.79 Å². The number of carbonyl (C=O) groups excluding carboxylic acids is 1. The summed E-state index contributed by atoms with van der Waals surface area (Å²) < 4.78 is 6.91. The average Bonchev–Trinajstić information content (AvgIpc) is 3.32. The zero-order valence-corrected chi connectivity index (χ0v) is 17.6. The van der Waals surface area contributed by atoms with Crippen molar-refractivity contribution >= 4 is 44.4 Å². The molecule has 1 amide bonds. The number of nitrogens with one attached hydrogen (secondary N) is 2. The number of nitrogens with zero attached hydrogens (tertiary/aromatic N) is 3. The molecule has 2 aromatic heterocycles. The quantitative estimate of drug-likeness (QED) is 0.428. The van der Waals surface area contributed by atoms with Crippen LogP contribution in [-0.2, 0) is 11.4 Å². The minimum atomic E-state index is -0.146. The van der Waals surface area contributed by atoms with Crippen molar-refractivity contribution in [1.29, 1.82) is 0 Å². The number of aromatic nitrogens is 4. The van der Waals surface area contributed by atoms with Crippen LogP contribution in [0.5, 0.6) is 5.75 Å². The first-order valence-electron chi connectivity index (χ1n) is 8.97. The molecule has 2 heterocycles. The van der Waals surface area contributed by atoms with Crippen molar-refractivity contribution in [3.63, 3.8) is 0 Å². The molecule has 4 aromatic rings. The molecule has 0 aliphatic heterocycles. The van der Waals surface area contributed by atoms with Gasteiger partial charge in [0.15, 0.2) is 11.0 Å². The third-order valence-corrected chi connectivity index (χ3v) is 5.94. The van der Waals surface area contributed by atoms with Crippen LogP contribution in [0.15, 0.2) is 47.6 Å². The summed E-state index contributed by atoms with van der Waals surface area (Å²) in [5.74, 6) is 1.52. The van der Waals surface area contributed by atoms with Crippen molar-refractivity contribution in [3.8, 4) is 5.75 Å². The van der Waals surface area contributed by atoms with E-state index in [-0.39, 0.29) is 18.3 Å². The Morgan fingerprint density at radius 1 is 1.14 bits per heavy atom. The number of ether oxygens (including phenoxy) is 1. The Hall–Kier alpha value is -2.91. The van der Waals surface area contributed by atoms with Crippen molar-refractivity contribution in [2.45, 2.75) is 25.6 Å². The third-order valence-electron chi connectivity index (χ3n) is 4.15. The van der Waals surface area contributed by atoms with Crippen LogP contribution in [0, 0.1) is 13.8 Å². The summed E-state index contributed by atoms with van der Waals surface area (Å²) in [6, 6.07) is 13.8. The van der Waals surface area contributed by atoms with Crippen molar-refractivity contribution < 1.29 is 9.53 Å². The molecule has 0 fully saturated rings. The van der Waals surface area contributed by atoms with Crippen LogP contribution >= 0.6 is 23.1 Å². The lowest BCUT2D eigenvalue weighted by molar-refractivity contribution is -0.113. The lowest BCUT2D eigenvalue weighted by Gasteiger charge is -2.10. The van der Waals surface area contributed by atoms with Gasteiger partial charge in [-0.3, -0.25) is 9.89 Å². The van der Waals surface area contributed by atoms with Gasteiger partial charge in [-0.1, -0.05) is 53.4 Å². The summed E-state index contributed by atoms with van der Waals surface area (Å²) in [5.41, 5.74) is 3.03. The van der Waals surface area contributed by atoms with Gasteiger partial charge < -0.3 is 10.1 Å². The molecule has 0 saturated carbocycles. The molecule has 9 heteroatoms. The van der Waals surface area contributed by atoms with E-state index in [1.807, 2.05) is 56.3 Å². The lowest BCUT2D eigenvalue weighted by atomic mass is 10.1. The lowest BCUT2D eigenvalue weighted by Crippen LogP contribution is -2.13. The number of benzene rings is 2. The summed E-state index contributed by atoms with van der Waals surface area (Å²) >= 11 is 2.71. The zero-order valence-electron chi connectivity index (χ0n) is 15.9. The van der Waals surface area contributed by atoms with Crippen LogP contribution in [-0.4, -0.2) is 31.8 Å². The van der Waals surface area contributed by atoms with Crippen molar-refractivity contribution in [1.82, 2.24) is 20.2 Å². The fourth-order valence-electron chi connectivity index (χ4n) is 2.79. The van der Waals surface area contributed by atoms with Crippen molar-refractivity contribution in [2.24, 2.45) is 0 Å². The normalized spacial score (nSPS) is 11.0. The van der Waals surface area contributed by atoms with Gasteiger partial charge in [0.05, 0.1) is 16.0 Å². The maximum Gasteiger partial charge on any atom is 0.236 e. The number of hydrogen-bond donors (Lipinski definition) is 2. The van der Waals surface area contributed by atoms with E-state index >= 15 is 0 Å². The Labute approximate surface area is 175 Å². The number of carbonyl (C=O) groups is 1. The number of amides is 1. The highest BCUT2D eigenvalue weighted by Crippen LogP contribution is 2.26. The predicted octanol–water partition coefficient (Wildman–Crippen LogP) is 4.34. The predicted molar refractivity (Wildman–Crippen MR) is 116 cm³/mol. The van der Waals surface area contributed by atoms with E-state index in [0.29, 0.717) is 16.1 Å². The molecule has 2 N–H and O–H groups in total. The molecule has 0 atom stereocenters. The van der Waals surface area contributed by atoms with Crippen LogP contribution in [0.4, 0.5) is 5.13 Å². The van der Waals surface area contributed by atoms with Crippen LogP contribution in [0.25, 0.3) is 10.2 Å². The van der Waals surface area contributed by atoms with E-state index in [0.717, 1.165) is 27.1 Å². The molecular weight excluding hydrogens is 406 g/mol. The van der Waals surface area contributed by atoms with Gasteiger partial charge in [0, 0.05) is 0 Å². The SMILES string of the molecule is Cc1cccc(C)c1OCc1nc(SCC(=O)Nc2nc3ccccc3s2)n[nH]1. The van der Waals surface area contributed by atoms with Crippen LogP contribution < -0.4 is 10.1 Å². The minimum absolute atomic E-state index is 0.146. The number of aromatic amines is 1. The Morgan fingerprint density at radius 3 is 2.72 bits per heavy atom. The van der Waals surface area contributed by atoms with E-state index in [1.54, 1.807) is 0 Å². The van der Waals surface area contributed by atoms with Gasteiger partial charge in [0.25, 0.3) is 0 Å². The molecule has 0 aliphatic rings. The Kier molecular flexibility index (Phi) is 5.77. The Balaban J connectivity index is 1.29. The topological polar surface area (TPSA) is 92.8 Å². The van der Waals surface area contributed by atoms with Gasteiger partial charge in [-0.25, -0.2) is 9.97 Å². The van der Waals surface area contributed by atoms with Crippen LogP contribution in [0.2, 0.25) is 0 Å². The second kappa shape index (κ2) is 8.62. The Bertz CT molecular complexity index is 1100. The molecular formula is C20H19N5O2S2. The molecule has 0 saturated heterocycles. The van der Waals surface area contributed by atoms with E-state index in [4.69, 9.17) is 4.74 Å². The number of hydrogen-bond acceptors (Lipinski definition) is 7. The molecule has 7 nitrogen and oxygen atoms in total. The van der Waals surface area contributed by atoms with Crippen molar-refractivity contribution in [3.05, 3.63) is 59.4 Å². The van der Waals surface area contributed by atoms with Gasteiger partial charge in [-0.15, -0.1) is 5.10 Å². The first-order chi connectivity index (χ1) is 14.1. The third kappa shape index (κ3) is 4.75. The second-order valence-electron chi connectivity index (χ2n) is 6.40. The molecule has 148 valence electrons. The van der Waals surface area contributed by atoms with Crippen LogP contribution in [0.1, 0.15) is 17.0 Å². The number of H-pyrrole nitrogens is 1. The molecule has 2 aromatic carbocycles. The maximum absolute atomic E-state index is 12.2. The smallest absolute Gasteiger partial charge is 0.236 e. The summed E-state index contributed by atoms with van der Waals surface area (Å²) in [6.45, 7) is 4.30. The second-order valence-corrected chi connectivity index (χ2v) is 8.37. The summed E-state index contributed by atoms with van der Waals surface area (Å²) in [7, 11) is 0. The summed E-state index contributed by atoms with van der Waals surface area (Å²) in [4.78, 5) is 21.0. The molecule has 0 aliphatic carbocycles. The van der Waals surface area contributed by atoms with Gasteiger partial charge in [0.2, 0.25) is 11.1 Å². The first kappa shape index (κ1) is 19.4. The maximum atomic E-state index is 12.2. The first-order valence-corrected chi connectivity index (χ1v) is 10.8. The average molecular weight is 426 g/mol. The summed E-state index contributed by atoms with van der Waals surface area (Å²) in [5, 5.41) is 10.9. The standard InChI is InChI=1S/C20H19N5O2S2/c1-12-6-5-7-13(2)18(12)27-10-16-22-20(25-24-16)28-11-17(26)23-19-21-14-8-3-4-9-15(14)29-19/h3-9H,10-11H2,1-2H3,(H,21,23,26)(H,22,24,25). The molecule has 0 bridgehead atoms. The monoisotopic (exact) mass is 425 g/mol. The number of thioether (sulfide) groups is 1. The van der Waals surface area contributed by atoms with Gasteiger partial charge in [0.1, 0.15) is 12.4 Å². The Morgan fingerprint density at radius 2 is 1.93 bits per heavy atom. The van der Waals surface area contributed by atoms with E-state index in [1.165, 1.54) is 23.1 Å². The highest BCUT2D eigenvalue weighted by atomic mass is 32.2. The zero-order chi connectivity index (χ0) is 20.2. The van der Waals surface area contributed by atoms with Gasteiger partial charge >= 0.3 is 0 Å². The van der Waals surface area contributed by atoms with E-state index < -0.39 is 0 Å². The molecule has 0 spiro atoms. The number of thiazole rings is 1. The molecule has 0 unspecified atom stereocenters. The molecule has 0 radical (unpaired) electrons. The van der Waals surface area contributed by atoms with E-state index in [2.05, 4.69) is 25.5 Å². The minimum Gasteiger partial charge on any atom is -0.485 e. The van der Waals surface area contributed by atoms with Crippen molar-refractivity contribution in [2.75, 3.05) is 11.1 Å². The van der Waals surface area contributed by atoms with Gasteiger partial charge in [-0.05, 0) is 37.1 Å². The molecule has 29 heavy (non-hydrogen) atoms. The fraction of sp³-hybridized carbons (Fsp3) is 0.200. The number of fused-ring (bicyclic) bond motifs is 1. The van der Waals surface area contributed by atoms with Gasteiger partial charge in [-0.2, -0.15) is 0 Å².